The molecule has 0 bridgehead atoms. The molecule has 110 valence electrons. The van der Waals surface area contributed by atoms with Gasteiger partial charge in [0.2, 0.25) is 0 Å². The largest absolute Gasteiger partial charge is 0.393 e. The normalized spacial score (nSPS) is 10.6. The fourth-order valence-electron chi connectivity index (χ4n) is 1.75. The van der Waals surface area contributed by atoms with Crippen molar-refractivity contribution in [3.05, 3.63) is 46.3 Å². The Morgan fingerprint density at radius 2 is 2.19 bits per heavy atom. The minimum absolute atomic E-state index is 0.0504. The van der Waals surface area contributed by atoms with Gasteiger partial charge in [-0.05, 0) is 26.0 Å². The van der Waals surface area contributed by atoms with Gasteiger partial charge in [-0.2, -0.15) is 5.10 Å². The Morgan fingerprint density at radius 1 is 1.48 bits per heavy atom. The van der Waals surface area contributed by atoms with Crippen molar-refractivity contribution in [1.29, 1.82) is 0 Å². The van der Waals surface area contributed by atoms with Crippen LogP contribution in [0, 0.1) is 10.1 Å². The van der Waals surface area contributed by atoms with E-state index in [0.29, 0.717) is 5.69 Å². The van der Waals surface area contributed by atoms with E-state index in [1.165, 1.54) is 24.4 Å². The monoisotopic (exact) mass is 289 g/mol. The topological polar surface area (TPSA) is 116 Å². The standard InChI is InChI=1S/C13H15N5O3/c1-8(2)17-7-10(6-15-17)16-13(19)9-3-4-12(18(20)21)11(14)5-9/h3-8H,14H2,1-2H3,(H,16,19). The Morgan fingerprint density at radius 3 is 2.71 bits per heavy atom. The lowest BCUT2D eigenvalue weighted by atomic mass is 10.1. The van der Waals surface area contributed by atoms with E-state index >= 15 is 0 Å². The van der Waals surface area contributed by atoms with Crippen LogP contribution in [0.15, 0.2) is 30.6 Å². The summed E-state index contributed by atoms with van der Waals surface area (Å²) in [7, 11) is 0. The highest BCUT2D eigenvalue weighted by Gasteiger charge is 2.15. The van der Waals surface area contributed by atoms with Gasteiger partial charge in [0.25, 0.3) is 11.6 Å². The third-order valence-corrected chi connectivity index (χ3v) is 2.87. The Labute approximate surface area is 120 Å². The van der Waals surface area contributed by atoms with Gasteiger partial charge >= 0.3 is 0 Å². The van der Waals surface area contributed by atoms with E-state index in [0.717, 1.165) is 0 Å². The Kier molecular flexibility index (Phi) is 3.88. The lowest BCUT2D eigenvalue weighted by Gasteiger charge is -2.05. The second kappa shape index (κ2) is 5.61. The average molecular weight is 289 g/mol. The molecule has 1 heterocycles. The predicted octanol–water partition coefficient (Wildman–Crippen LogP) is 2.21. The van der Waals surface area contributed by atoms with Gasteiger partial charge in [-0.3, -0.25) is 19.6 Å². The van der Waals surface area contributed by atoms with Gasteiger partial charge in [-0.15, -0.1) is 0 Å². The summed E-state index contributed by atoms with van der Waals surface area (Å²) in [5.74, 6) is -0.403. The highest BCUT2D eigenvalue weighted by molar-refractivity contribution is 6.05. The van der Waals surface area contributed by atoms with E-state index in [-0.39, 0.29) is 23.0 Å². The molecule has 0 radical (unpaired) electrons. The van der Waals surface area contributed by atoms with Gasteiger partial charge in [0.15, 0.2) is 0 Å². The molecule has 3 N–H and O–H groups in total. The number of nitrogens with one attached hydrogen (secondary N) is 1. The molecule has 0 aliphatic heterocycles. The quantitative estimate of drug-likeness (QED) is 0.508. The smallest absolute Gasteiger partial charge is 0.292 e. The summed E-state index contributed by atoms with van der Waals surface area (Å²) in [6, 6.07) is 4.03. The van der Waals surface area contributed by atoms with Crippen molar-refractivity contribution in [3.63, 3.8) is 0 Å². The average Bonchev–Trinajstić information content (AvgIpc) is 2.86. The van der Waals surface area contributed by atoms with Crippen LogP contribution in [0.25, 0.3) is 0 Å². The summed E-state index contributed by atoms with van der Waals surface area (Å²) in [6.45, 7) is 3.94. The zero-order valence-corrected chi connectivity index (χ0v) is 11.6. The van der Waals surface area contributed by atoms with E-state index < -0.39 is 10.8 Å². The first kappa shape index (κ1) is 14.5. The Bertz CT molecular complexity index is 693. The minimum atomic E-state index is -0.594. The van der Waals surface area contributed by atoms with Crippen molar-refractivity contribution in [2.24, 2.45) is 0 Å². The van der Waals surface area contributed by atoms with Crippen molar-refractivity contribution >= 4 is 23.0 Å². The van der Waals surface area contributed by atoms with Gasteiger partial charge < -0.3 is 11.1 Å². The molecule has 1 aromatic carbocycles. The van der Waals surface area contributed by atoms with Crippen LogP contribution in [0.2, 0.25) is 0 Å². The maximum absolute atomic E-state index is 12.1. The molecule has 0 saturated heterocycles. The second-order valence-corrected chi connectivity index (χ2v) is 4.79. The van der Waals surface area contributed by atoms with E-state index in [1.54, 1.807) is 10.9 Å². The third kappa shape index (κ3) is 3.16. The number of benzene rings is 1. The number of hydrogen-bond acceptors (Lipinski definition) is 5. The molecular weight excluding hydrogens is 274 g/mol. The molecule has 1 amide bonds. The molecule has 21 heavy (non-hydrogen) atoms. The number of amides is 1. The van der Waals surface area contributed by atoms with Crippen molar-refractivity contribution in [2.75, 3.05) is 11.1 Å². The molecule has 0 spiro atoms. The van der Waals surface area contributed by atoms with Crippen LogP contribution in [0.1, 0.15) is 30.2 Å². The fourth-order valence-corrected chi connectivity index (χ4v) is 1.75. The van der Waals surface area contributed by atoms with Crippen LogP contribution in [0.5, 0.6) is 0 Å². The summed E-state index contributed by atoms with van der Waals surface area (Å²) in [6.07, 6.45) is 3.24. The molecule has 8 nitrogen and oxygen atoms in total. The van der Waals surface area contributed by atoms with Crippen LogP contribution >= 0.6 is 0 Å². The fraction of sp³-hybridized carbons (Fsp3) is 0.231. The number of carbonyl (C=O) groups excluding carboxylic acids is 1. The number of carbonyl (C=O) groups is 1. The molecule has 0 unspecified atom stereocenters. The van der Waals surface area contributed by atoms with E-state index in [4.69, 9.17) is 5.73 Å². The zero-order valence-electron chi connectivity index (χ0n) is 11.6. The molecule has 2 aromatic rings. The molecule has 2 rings (SSSR count). The van der Waals surface area contributed by atoms with Crippen LogP contribution < -0.4 is 11.1 Å². The van der Waals surface area contributed by atoms with Gasteiger partial charge in [-0.1, -0.05) is 0 Å². The predicted molar refractivity (Wildman–Crippen MR) is 78.1 cm³/mol. The maximum Gasteiger partial charge on any atom is 0.292 e. The molecule has 0 aliphatic rings. The molecule has 0 saturated carbocycles. The number of nitrogens with zero attached hydrogens (tertiary/aromatic N) is 3. The number of nitro groups is 1. The minimum Gasteiger partial charge on any atom is -0.393 e. The first-order chi connectivity index (χ1) is 9.88. The second-order valence-electron chi connectivity index (χ2n) is 4.79. The van der Waals surface area contributed by atoms with Crippen LogP contribution in [-0.2, 0) is 0 Å². The van der Waals surface area contributed by atoms with Crippen molar-refractivity contribution in [3.8, 4) is 0 Å². The van der Waals surface area contributed by atoms with Crippen LogP contribution in [-0.4, -0.2) is 20.6 Å². The van der Waals surface area contributed by atoms with Gasteiger partial charge in [-0.25, -0.2) is 0 Å². The number of nitrogens with two attached hydrogens (primary N) is 1. The molecule has 0 aliphatic carbocycles. The van der Waals surface area contributed by atoms with Crippen molar-refractivity contribution in [2.45, 2.75) is 19.9 Å². The SMILES string of the molecule is CC(C)n1cc(NC(=O)c2ccc([N+](=O)[O-])c(N)c2)cn1. The summed E-state index contributed by atoms with van der Waals surface area (Å²) < 4.78 is 1.71. The van der Waals surface area contributed by atoms with E-state index in [1.807, 2.05) is 13.8 Å². The summed E-state index contributed by atoms with van der Waals surface area (Å²) in [5, 5.41) is 17.4. The molecule has 0 fully saturated rings. The summed E-state index contributed by atoms with van der Waals surface area (Å²) in [5.41, 5.74) is 6.08. The third-order valence-electron chi connectivity index (χ3n) is 2.87. The maximum atomic E-state index is 12.1. The number of aromatic nitrogens is 2. The van der Waals surface area contributed by atoms with Crippen LogP contribution in [0.4, 0.5) is 17.1 Å². The lowest BCUT2D eigenvalue weighted by molar-refractivity contribution is -0.383. The molecular formula is C13H15N5O3. The Balaban J connectivity index is 2.16. The van der Waals surface area contributed by atoms with Gasteiger partial charge in [0, 0.05) is 23.9 Å². The van der Waals surface area contributed by atoms with E-state index in [2.05, 4.69) is 10.4 Å². The number of nitro benzene ring substituents is 1. The highest BCUT2D eigenvalue weighted by atomic mass is 16.6. The van der Waals surface area contributed by atoms with Crippen molar-refractivity contribution < 1.29 is 9.72 Å². The molecule has 0 atom stereocenters. The number of anilines is 2. The molecule has 1 aromatic heterocycles. The zero-order chi connectivity index (χ0) is 15.6. The molecule has 8 heteroatoms. The number of hydrogen-bond donors (Lipinski definition) is 2. The first-order valence-corrected chi connectivity index (χ1v) is 6.28. The number of nitrogen functional groups attached to an aromatic ring is 1. The lowest BCUT2D eigenvalue weighted by Crippen LogP contribution is -2.12. The van der Waals surface area contributed by atoms with E-state index in [9.17, 15) is 14.9 Å². The van der Waals surface area contributed by atoms with Gasteiger partial charge in [0.1, 0.15) is 5.69 Å². The van der Waals surface area contributed by atoms with Crippen LogP contribution in [0.3, 0.4) is 0 Å². The highest BCUT2D eigenvalue weighted by Crippen LogP contribution is 2.22. The Hall–Kier alpha value is -2.90. The summed E-state index contributed by atoms with van der Waals surface area (Å²) in [4.78, 5) is 22.1. The van der Waals surface area contributed by atoms with Crippen molar-refractivity contribution in [1.82, 2.24) is 9.78 Å². The number of rotatable bonds is 4. The summed E-state index contributed by atoms with van der Waals surface area (Å²) >= 11 is 0. The first-order valence-electron chi connectivity index (χ1n) is 6.28. The van der Waals surface area contributed by atoms with Gasteiger partial charge in [0.05, 0.1) is 16.8 Å².